The summed E-state index contributed by atoms with van der Waals surface area (Å²) >= 11 is 1.83. The molecule has 242 valence electrons. The van der Waals surface area contributed by atoms with Crippen molar-refractivity contribution in [3.05, 3.63) is 204 Å². The minimum atomic E-state index is -0.580. The Morgan fingerprint density at radius 1 is 0.404 bits per heavy atom. The lowest BCUT2D eigenvalue weighted by Crippen LogP contribution is -2.32. The number of hydrogen-bond donors (Lipinski definition) is 0. The predicted molar refractivity (Wildman–Crippen MR) is 209 cm³/mol. The standard InChI is InChI=1S/C47H28N4S/c1-48-35-24-20-30(21-25-35)33-23-27-43-41(28-33)47(39-18-10-11-19-42(39)52-43)38-17-9-8-16-36(38)37-26-22-34(29-40(37)47)46-50-44(31-12-4-2-5-13-31)49-45(51-46)32-14-6-3-7-15-32/h2-29H. The van der Waals surface area contributed by atoms with E-state index in [0.717, 1.165) is 27.8 Å². The van der Waals surface area contributed by atoms with Gasteiger partial charge in [0.1, 0.15) is 0 Å². The molecule has 2 aliphatic rings. The van der Waals surface area contributed by atoms with Crippen LogP contribution in [0.3, 0.4) is 0 Å². The van der Waals surface area contributed by atoms with Gasteiger partial charge in [0.05, 0.1) is 12.0 Å². The van der Waals surface area contributed by atoms with E-state index >= 15 is 0 Å². The average Bonchev–Trinajstić information content (AvgIpc) is 3.51. The quantitative estimate of drug-likeness (QED) is 0.174. The Hall–Kier alpha value is -6.61. The van der Waals surface area contributed by atoms with Crippen LogP contribution in [0.1, 0.15) is 22.3 Å². The molecule has 1 aromatic heterocycles. The van der Waals surface area contributed by atoms with E-state index in [9.17, 15) is 0 Å². The van der Waals surface area contributed by atoms with Crippen molar-refractivity contribution < 1.29 is 0 Å². The first kappa shape index (κ1) is 30.2. The molecule has 1 spiro atoms. The molecule has 0 fully saturated rings. The second kappa shape index (κ2) is 12.0. The maximum Gasteiger partial charge on any atom is 0.187 e. The Labute approximate surface area is 306 Å². The summed E-state index contributed by atoms with van der Waals surface area (Å²) < 4.78 is 0. The first-order chi connectivity index (χ1) is 25.7. The highest BCUT2D eigenvalue weighted by molar-refractivity contribution is 7.99. The fraction of sp³-hybridized carbons (Fsp3) is 0.0213. The maximum atomic E-state index is 7.46. The van der Waals surface area contributed by atoms with Crippen LogP contribution in [0, 0.1) is 6.57 Å². The van der Waals surface area contributed by atoms with Crippen LogP contribution in [-0.4, -0.2) is 15.0 Å². The third kappa shape index (κ3) is 4.66. The van der Waals surface area contributed by atoms with E-state index in [1.165, 1.54) is 43.2 Å². The van der Waals surface area contributed by atoms with Crippen LogP contribution in [0.15, 0.2) is 180 Å². The Morgan fingerprint density at radius 2 is 0.923 bits per heavy atom. The van der Waals surface area contributed by atoms with Crippen molar-refractivity contribution in [2.45, 2.75) is 15.2 Å². The Morgan fingerprint density at radius 3 is 1.62 bits per heavy atom. The van der Waals surface area contributed by atoms with Crippen molar-refractivity contribution in [2.24, 2.45) is 0 Å². The van der Waals surface area contributed by atoms with Crippen LogP contribution in [0.5, 0.6) is 0 Å². The van der Waals surface area contributed by atoms with Gasteiger partial charge in [0, 0.05) is 26.5 Å². The fourth-order valence-electron chi connectivity index (χ4n) is 7.89. The highest BCUT2D eigenvalue weighted by Crippen LogP contribution is 2.62. The first-order valence-electron chi connectivity index (χ1n) is 17.2. The van der Waals surface area contributed by atoms with Crippen molar-refractivity contribution in [1.82, 2.24) is 15.0 Å². The van der Waals surface area contributed by atoms with Crippen LogP contribution >= 0.6 is 11.8 Å². The lowest BCUT2D eigenvalue weighted by molar-refractivity contribution is 0.723. The van der Waals surface area contributed by atoms with Gasteiger partial charge in [0.25, 0.3) is 0 Å². The zero-order valence-electron chi connectivity index (χ0n) is 27.9. The summed E-state index contributed by atoms with van der Waals surface area (Å²) in [5.74, 6) is 1.91. The molecule has 1 atom stereocenters. The molecule has 0 saturated carbocycles. The fourth-order valence-corrected chi connectivity index (χ4v) is 9.06. The van der Waals surface area contributed by atoms with Gasteiger partial charge in [-0.2, -0.15) is 0 Å². The molecule has 8 aromatic rings. The van der Waals surface area contributed by atoms with Crippen molar-refractivity contribution in [1.29, 1.82) is 0 Å². The normalized spacial score (nSPS) is 14.9. The van der Waals surface area contributed by atoms with Crippen molar-refractivity contribution in [3.8, 4) is 56.4 Å². The Balaban J connectivity index is 1.24. The first-order valence-corrected chi connectivity index (χ1v) is 18.0. The summed E-state index contributed by atoms with van der Waals surface area (Å²) in [6.45, 7) is 7.46. The van der Waals surface area contributed by atoms with Gasteiger partial charge < -0.3 is 0 Å². The molecule has 10 rings (SSSR count). The highest BCUT2D eigenvalue weighted by Gasteiger charge is 2.50. The second-order valence-corrected chi connectivity index (χ2v) is 14.1. The van der Waals surface area contributed by atoms with Gasteiger partial charge in [-0.3, -0.25) is 0 Å². The molecule has 52 heavy (non-hydrogen) atoms. The SMILES string of the molecule is [C-]#[N+]c1ccc(-c2ccc3c(c2)C2(c4ccccc4S3)c3ccccc3-c3ccc(-c4nc(-c5ccccc5)nc(-c5ccccc5)n4)cc32)cc1. The van der Waals surface area contributed by atoms with Gasteiger partial charge in [0.2, 0.25) is 0 Å². The lowest BCUT2D eigenvalue weighted by Gasteiger charge is -2.40. The summed E-state index contributed by atoms with van der Waals surface area (Å²) in [6.07, 6.45) is 0. The van der Waals surface area contributed by atoms with E-state index in [-0.39, 0.29) is 0 Å². The maximum absolute atomic E-state index is 7.46. The molecule has 1 aliphatic heterocycles. The molecule has 5 heteroatoms. The van der Waals surface area contributed by atoms with Crippen LogP contribution in [0.4, 0.5) is 5.69 Å². The summed E-state index contributed by atoms with van der Waals surface area (Å²) in [5, 5.41) is 0. The zero-order chi connectivity index (χ0) is 34.6. The molecule has 0 amide bonds. The summed E-state index contributed by atoms with van der Waals surface area (Å²) in [4.78, 5) is 21.3. The Bertz CT molecular complexity index is 2660. The number of aromatic nitrogens is 3. The van der Waals surface area contributed by atoms with Gasteiger partial charge in [-0.15, -0.1) is 0 Å². The average molecular weight is 681 g/mol. The number of rotatable bonds is 4. The van der Waals surface area contributed by atoms with Crippen LogP contribution in [0.25, 0.3) is 61.3 Å². The van der Waals surface area contributed by atoms with Gasteiger partial charge in [-0.1, -0.05) is 157 Å². The largest absolute Gasteiger partial charge is 0.238 e. The summed E-state index contributed by atoms with van der Waals surface area (Å²) in [5.41, 5.74) is 12.5. The van der Waals surface area contributed by atoms with E-state index in [2.05, 4.69) is 102 Å². The molecule has 1 unspecified atom stereocenters. The predicted octanol–water partition coefficient (Wildman–Crippen LogP) is 11.9. The topological polar surface area (TPSA) is 43.0 Å². The summed E-state index contributed by atoms with van der Waals surface area (Å²) in [6, 6.07) is 59.4. The van der Waals surface area contributed by atoms with Gasteiger partial charge in [-0.05, 0) is 68.8 Å². The highest BCUT2D eigenvalue weighted by atomic mass is 32.2. The van der Waals surface area contributed by atoms with Gasteiger partial charge in [-0.25, -0.2) is 19.8 Å². The van der Waals surface area contributed by atoms with Gasteiger partial charge in [0.15, 0.2) is 23.2 Å². The van der Waals surface area contributed by atoms with E-state index in [0.29, 0.717) is 23.2 Å². The zero-order valence-corrected chi connectivity index (χ0v) is 28.7. The molecule has 0 bridgehead atoms. The van der Waals surface area contributed by atoms with E-state index in [1.54, 1.807) is 0 Å². The number of benzene rings is 7. The lowest BCUT2D eigenvalue weighted by atomic mass is 9.67. The van der Waals surface area contributed by atoms with E-state index in [1.807, 2.05) is 84.6 Å². The number of nitrogens with zero attached hydrogens (tertiary/aromatic N) is 4. The number of hydrogen-bond acceptors (Lipinski definition) is 4. The van der Waals surface area contributed by atoms with Crippen LogP contribution in [-0.2, 0) is 5.41 Å². The molecule has 0 N–H and O–H groups in total. The molecule has 2 heterocycles. The molecule has 4 nitrogen and oxygen atoms in total. The van der Waals surface area contributed by atoms with Crippen molar-refractivity contribution in [3.63, 3.8) is 0 Å². The summed E-state index contributed by atoms with van der Waals surface area (Å²) in [7, 11) is 0. The minimum absolute atomic E-state index is 0.580. The smallest absolute Gasteiger partial charge is 0.187 e. The monoisotopic (exact) mass is 680 g/mol. The third-order valence-electron chi connectivity index (χ3n) is 10.2. The van der Waals surface area contributed by atoms with Crippen molar-refractivity contribution >= 4 is 17.4 Å². The van der Waals surface area contributed by atoms with Crippen LogP contribution in [0.2, 0.25) is 0 Å². The molecule has 1 aliphatic carbocycles. The van der Waals surface area contributed by atoms with E-state index < -0.39 is 5.41 Å². The van der Waals surface area contributed by atoms with E-state index in [4.69, 9.17) is 21.5 Å². The molecule has 7 aromatic carbocycles. The van der Waals surface area contributed by atoms with Gasteiger partial charge >= 0.3 is 0 Å². The molecule has 0 radical (unpaired) electrons. The minimum Gasteiger partial charge on any atom is -0.238 e. The van der Waals surface area contributed by atoms with Crippen molar-refractivity contribution in [2.75, 3.05) is 0 Å². The Kier molecular flexibility index (Phi) is 6.99. The molecule has 0 saturated heterocycles. The second-order valence-electron chi connectivity index (χ2n) is 13.1. The van der Waals surface area contributed by atoms with Crippen LogP contribution < -0.4 is 0 Å². The molecular weight excluding hydrogens is 653 g/mol. The third-order valence-corrected chi connectivity index (χ3v) is 11.4. The number of fused-ring (bicyclic) bond motifs is 9. The molecular formula is C47H28N4S.